The molecule has 0 bridgehead atoms. The van der Waals surface area contributed by atoms with Gasteiger partial charge in [-0.05, 0) is 95.7 Å². The molecule has 252 valence electrons. The lowest BCUT2D eigenvalue weighted by atomic mass is 9.89. The molecule has 2 fully saturated rings. The number of piperidine rings is 1. The smallest absolute Gasteiger partial charge is 0.322 e. The predicted molar refractivity (Wildman–Crippen MR) is 186 cm³/mol. The van der Waals surface area contributed by atoms with Gasteiger partial charge in [0.15, 0.2) is 0 Å². The molecular formula is C36H54N6O3S. The molecule has 1 aliphatic carbocycles. The van der Waals surface area contributed by atoms with Gasteiger partial charge in [-0.1, -0.05) is 49.9 Å². The number of hydrogen-bond acceptors (Lipinski definition) is 6. The molecule has 3 heterocycles. The molecule has 10 heteroatoms. The number of amides is 4. The van der Waals surface area contributed by atoms with E-state index < -0.39 is 5.92 Å². The molecule has 0 spiro atoms. The first kappa shape index (κ1) is 34.4. The number of carbonyl (C=O) groups excluding carboxylic acids is 3. The van der Waals surface area contributed by atoms with Crippen molar-refractivity contribution in [1.29, 1.82) is 0 Å². The Balaban J connectivity index is 1.31. The van der Waals surface area contributed by atoms with E-state index in [0.717, 1.165) is 62.1 Å². The highest BCUT2D eigenvalue weighted by molar-refractivity contribution is 7.09. The Bertz CT molecular complexity index is 1280. The topological polar surface area (TPSA) is 88.2 Å². The standard InChI is InChI=1S/C36H54N6O3S/c1-39(2)21-10-9-19-33(40(3)28-15-5-4-6-16-28)35(44)41-23-20-31(30(26-41)34(43)37-25-29-17-12-24-46-29)38-36(45)42-22-11-14-27-13-7-8-18-32(27)42/h7-8,12-13,17-18,24,28,30-31,33H,4-6,9-11,14-16,19-23,25-26H2,1-3H3,(H,37,43)(H,38,45)/t30-,31+,33?/m0/s1. The third-order valence-corrected chi connectivity index (χ3v) is 11.1. The Hall–Kier alpha value is -2.95. The van der Waals surface area contributed by atoms with Crippen LogP contribution in [0, 0.1) is 5.92 Å². The number of unbranched alkanes of at least 4 members (excludes halogenated alkanes) is 1. The molecule has 3 aliphatic rings. The van der Waals surface area contributed by atoms with Gasteiger partial charge in [-0.25, -0.2) is 4.79 Å². The van der Waals surface area contributed by atoms with Gasteiger partial charge in [0.1, 0.15) is 0 Å². The van der Waals surface area contributed by atoms with Gasteiger partial charge < -0.3 is 20.4 Å². The van der Waals surface area contributed by atoms with Crippen LogP contribution in [0.3, 0.4) is 0 Å². The number of nitrogens with one attached hydrogen (secondary N) is 2. The Morgan fingerprint density at radius 2 is 1.76 bits per heavy atom. The summed E-state index contributed by atoms with van der Waals surface area (Å²) in [6.45, 7) is 2.94. The van der Waals surface area contributed by atoms with Crippen LogP contribution in [-0.4, -0.2) is 98.0 Å². The average molecular weight is 651 g/mol. The Kier molecular flexibility index (Phi) is 12.5. The molecule has 3 atom stereocenters. The first-order valence-electron chi connectivity index (χ1n) is 17.4. The zero-order valence-corrected chi connectivity index (χ0v) is 28.9. The maximum atomic E-state index is 14.4. The molecule has 4 amide bonds. The van der Waals surface area contributed by atoms with Crippen molar-refractivity contribution in [2.75, 3.05) is 52.2 Å². The van der Waals surface area contributed by atoms with Gasteiger partial charge in [-0.3, -0.25) is 19.4 Å². The largest absolute Gasteiger partial charge is 0.351 e. The fourth-order valence-corrected chi connectivity index (χ4v) is 8.16. The lowest BCUT2D eigenvalue weighted by Crippen LogP contribution is -2.61. The second kappa shape index (κ2) is 16.7. The van der Waals surface area contributed by atoms with Gasteiger partial charge in [-0.15, -0.1) is 11.3 Å². The molecule has 0 radical (unpaired) electrons. The third-order valence-electron chi connectivity index (χ3n) is 10.2. The van der Waals surface area contributed by atoms with Gasteiger partial charge in [0.25, 0.3) is 0 Å². The highest BCUT2D eigenvalue weighted by atomic mass is 32.1. The third kappa shape index (κ3) is 8.89. The second-order valence-corrected chi connectivity index (χ2v) is 14.7. The normalized spacial score (nSPS) is 21.2. The van der Waals surface area contributed by atoms with Crippen LogP contribution in [0.15, 0.2) is 41.8 Å². The van der Waals surface area contributed by atoms with E-state index in [1.807, 2.05) is 45.5 Å². The lowest BCUT2D eigenvalue weighted by molar-refractivity contribution is -0.142. The highest BCUT2D eigenvalue weighted by Gasteiger charge is 2.41. The molecule has 5 rings (SSSR count). The molecule has 2 aromatic rings. The number of carbonyl (C=O) groups is 3. The first-order valence-corrected chi connectivity index (χ1v) is 18.3. The van der Waals surface area contributed by atoms with Crippen molar-refractivity contribution in [2.45, 2.75) is 95.3 Å². The first-order chi connectivity index (χ1) is 22.3. The number of anilines is 1. The van der Waals surface area contributed by atoms with Crippen molar-refractivity contribution in [1.82, 2.24) is 25.3 Å². The highest BCUT2D eigenvalue weighted by Crippen LogP contribution is 2.29. The zero-order valence-electron chi connectivity index (χ0n) is 28.1. The molecule has 1 aromatic carbocycles. The molecular weight excluding hydrogens is 597 g/mol. The Morgan fingerprint density at radius 3 is 2.52 bits per heavy atom. The second-order valence-electron chi connectivity index (χ2n) is 13.7. The summed E-state index contributed by atoms with van der Waals surface area (Å²) in [4.78, 5) is 51.3. The number of thiophene rings is 1. The minimum Gasteiger partial charge on any atom is -0.351 e. The summed E-state index contributed by atoms with van der Waals surface area (Å²) in [7, 11) is 6.32. The van der Waals surface area contributed by atoms with Crippen molar-refractivity contribution in [2.24, 2.45) is 5.92 Å². The molecule has 2 aliphatic heterocycles. The predicted octanol–water partition coefficient (Wildman–Crippen LogP) is 5.11. The molecule has 2 N–H and O–H groups in total. The summed E-state index contributed by atoms with van der Waals surface area (Å²) in [6.07, 6.45) is 11.3. The number of likely N-dealkylation sites (tertiary alicyclic amines) is 1. The number of hydrogen-bond donors (Lipinski definition) is 2. The van der Waals surface area contributed by atoms with Gasteiger partial charge >= 0.3 is 6.03 Å². The summed E-state index contributed by atoms with van der Waals surface area (Å²) >= 11 is 1.61. The van der Waals surface area contributed by atoms with Gasteiger partial charge in [0, 0.05) is 42.3 Å². The van der Waals surface area contributed by atoms with E-state index in [2.05, 4.69) is 47.6 Å². The summed E-state index contributed by atoms with van der Waals surface area (Å²) in [5, 5.41) is 8.37. The minimum atomic E-state index is -0.531. The van der Waals surface area contributed by atoms with Crippen molar-refractivity contribution >= 4 is 34.9 Å². The lowest BCUT2D eigenvalue weighted by Gasteiger charge is -2.43. The molecule has 1 unspecified atom stereocenters. The number of aryl methyl sites for hydroxylation is 1. The fourth-order valence-electron chi connectivity index (χ4n) is 7.51. The van der Waals surface area contributed by atoms with E-state index in [1.54, 1.807) is 11.3 Å². The van der Waals surface area contributed by atoms with Gasteiger partial charge in [0.2, 0.25) is 11.8 Å². The SMILES string of the molecule is CN(C)CCCCC(C(=O)N1CC[C@@H](NC(=O)N2CCCc3ccccc32)[C@@H](C(=O)NCc2cccs2)C1)N(C)C1CCCCC1. The zero-order chi connectivity index (χ0) is 32.5. The maximum Gasteiger partial charge on any atom is 0.322 e. The van der Waals surface area contributed by atoms with Gasteiger partial charge in [0.05, 0.1) is 18.5 Å². The van der Waals surface area contributed by atoms with Crippen molar-refractivity contribution in [3.05, 3.63) is 52.2 Å². The summed E-state index contributed by atoms with van der Waals surface area (Å²) in [6, 6.07) is 11.8. The Morgan fingerprint density at radius 1 is 0.957 bits per heavy atom. The number of likely N-dealkylation sites (N-methyl/N-ethyl adjacent to an activating group) is 1. The van der Waals surface area contributed by atoms with E-state index in [4.69, 9.17) is 0 Å². The molecule has 9 nitrogen and oxygen atoms in total. The van der Waals surface area contributed by atoms with E-state index in [-0.39, 0.29) is 29.9 Å². The summed E-state index contributed by atoms with van der Waals surface area (Å²) < 4.78 is 0. The van der Waals surface area contributed by atoms with Crippen LogP contribution in [-0.2, 0) is 22.6 Å². The van der Waals surface area contributed by atoms with E-state index >= 15 is 0 Å². The molecule has 1 aromatic heterocycles. The number of fused-ring (bicyclic) bond motifs is 1. The quantitative estimate of drug-likeness (QED) is 0.312. The van der Waals surface area contributed by atoms with Crippen LogP contribution in [0.1, 0.15) is 74.6 Å². The van der Waals surface area contributed by atoms with E-state index in [9.17, 15) is 14.4 Å². The summed E-state index contributed by atoms with van der Waals surface area (Å²) in [5.74, 6) is -0.516. The maximum absolute atomic E-state index is 14.4. The van der Waals surface area contributed by atoms with Crippen LogP contribution in [0.25, 0.3) is 0 Å². The van der Waals surface area contributed by atoms with Crippen molar-refractivity contribution in [3.8, 4) is 0 Å². The number of rotatable bonds is 12. The average Bonchev–Trinajstić information content (AvgIpc) is 3.61. The fraction of sp³-hybridized carbons (Fsp3) is 0.639. The van der Waals surface area contributed by atoms with Gasteiger partial charge in [-0.2, -0.15) is 0 Å². The molecule has 1 saturated heterocycles. The Labute approximate surface area is 279 Å². The minimum absolute atomic E-state index is 0.113. The van der Waals surface area contributed by atoms with Crippen LogP contribution in [0.4, 0.5) is 10.5 Å². The number of urea groups is 1. The van der Waals surface area contributed by atoms with E-state index in [0.29, 0.717) is 38.6 Å². The van der Waals surface area contributed by atoms with Crippen molar-refractivity contribution in [3.63, 3.8) is 0 Å². The monoisotopic (exact) mass is 650 g/mol. The number of para-hydroxylation sites is 1. The van der Waals surface area contributed by atoms with E-state index in [1.165, 1.54) is 24.8 Å². The van der Waals surface area contributed by atoms with Crippen LogP contribution < -0.4 is 15.5 Å². The number of benzene rings is 1. The van der Waals surface area contributed by atoms with Crippen LogP contribution >= 0.6 is 11.3 Å². The molecule has 46 heavy (non-hydrogen) atoms. The van der Waals surface area contributed by atoms with Crippen LogP contribution in [0.2, 0.25) is 0 Å². The van der Waals surface area contributed by atoms with Crippen LogP contribution in [0.5, 0.6) is 0 Å². The summed E-state index contributed by atoms with van der Waals surface area (Å²) in [5.41, 5.74) is 2.12. The number of nitrogens with zero attached hydrogens (tertiary/aromatic N) is 4. The van der Waals surface area contributed by atoms with Crippen molar-refractivity contribution < 1.29 is 14.4 Å². The molecule has 1 saturated carbocycles.